The Morgan fingerprint density at radius 2 is 2.09 bits per heavy atom. The van der Waals surface area contributed by atoms with E-state index in [1.807, 2.05) is 0 Å². The quantitative estimate of drug-likeness (QED) is 0.379. The van der Waals surface area contributed by atoms with E-state index < -0.39 is 0 Å². The van der Waals surface area contributed by atoms with E-state index in [0.717, 1.165) is 31.5 Å². The highest BCUT2D eigenvalue weighted by Crippen LogP contribution is 2.19. The molecule has 1 aromatic rings. The zero-order valence-corrected chi connectivity index (χ0v) is 17.5. The van der Waals surface area contributed by atoms with Crippen LogP contribution in [0, 0.1) is 5.92 Å². The molecule has 2 N–H and O–H groups in total. The van der Waals surface area contributed by atoms with Gasteiger partial charge in [-0.15, -0.1) is 24.0 Å². The predicted octanol–water partition coefficient (Wildman–Crippen LogP) is 3.54. The zero-order chi connectivity index (χ0) is 15.6. The fourth-order valence-electron chi connectivity index (χ4n) is 2.88. The van der Waals surface area contributed by atoms with Crippen molar-refractivity contribution in [1.29, 1.82) is 0 Å². The maximum atomic E-state index is 4.66. The number of rotatable bonds is 7. The van der Waals surface area contributed by atoms with Gasteiger partial charge in [0.15, 0.2) is 5.96 Å². The first kappa shape index (κ1) is 20.7. The first-order chi connectivity index (χ1) is 10.8. The molecule has 4 nitrogen and oxygen atoms in total. The molecule has 23 heavy (non-hydrogen) atoms. The summed E-state index contributed by atoms with van der Waals surface area (Å²) in [4.78, 5) is 7.21. The minimum Gasteiger partial charge on any atom is -0.357 e. The van der Waals surface area contributed by atoms with Crippen LogP contribution in [0.25, 0.3) is 0 Å². The molecule has 0 unspecified atom stereocenters. The first-order valence-electron chi connectivity index (χ1n) is 8.57. The van der Waals surface area contributed by atoms with Gasteiger partial charge in [-0.3, -0.25) is 0 Å². The Kier molecular flexibility index (Phi) is 10.9. The molecule has 0 spiro atoms. The van der Waals surface area contributed by atoms with Gasteiger partial charge in [0.2, 0.25) is 0 Å². The van der Waals surface area contributed by atoms with Gasteiger partial charge in [-0.25, -0.2) is 4.99 Å². The smallest absolute Gasteiger partial charge is 0.191 e. The van der Waals surface area contributed by atoms with Crippen LogP contribution in [0.5, 0.6) is 0 Å². The van der Waals surface area contributed by atoms with Crippen LogP contribution in [-0.4, -0.2) is 43.6 Å². The van der Waals surface area contributed by atoms with E-state index in [2.05, 4.69) is 51.2 Å². The lowest BCUT2D eigenvalue weighted by molar-refractivity contribution is 0.187. The van der Waals surface area contributed by atoms with Crippen LogP contribution in [0.3, 0.4) is 0 Å². The molecule has 0 amide bonds. The van der Waals surface area contributed by atoms with Crippen molar-refractivity contribution in [3.63, 3.8) is 0 Å². The predicted molar refractivity (Wildman–Crippen MR) is 112 cm³/mol. The van der Waals surface area contributed by atoms with Crippen molar-refractivity contribution in [3.8, 4) is 0 Å². The molecular weight excluding hydrogens is 419 g/mol. The van der Waals surface area contributed by atoms with E-state index in [1.54, 1.807) is 11.3 Å². The van der Waals surface area contributed by atoms with Crippen LogP contribution < -0.4 is 10.6 Å². The van der Waals surface area contributed by atoms with Crippen molar-refractivity contribution in [2.24, 2.45) is 10.9 Å². The molecule has 0 aromatic carbocycles. The normalized spacial score (nSPS) is 16.9. The van der Waals surface area contributed by atoms with Crippen molar-refractivity contribution >= 4 is 41.3 Å². The van der Waals surface area contributed by atoms with Crippen LogP contribution in [0.15, 0.2) is 21.8 Å². The molecule has 0 atom stereocenters. The summed E-state index contributed by atoms with van der Waals surface area (Å²) < 4.78 is 0. The number of hydrogen-bond donors (Lipinski definition) is 2. The Labute approximate surface area is 162 Å². The zero-order valence-electron chi connectivity index (χ0n) is 14.4. The standard InChI is InChI=1S/C17H30N4S.HI/c1-3-18-17(20-13-16-8-12-22-14-16)19-9-5-15-6-10-21(4-2)11-7-15;/h8,12,14-15H,3-7,9-11,13H2,1-2H3,(H2,18,19,20);1H. The van der Waals surface area contributed by atoms with Gasteiger partial charge in [0.1, 0.15) is 0 Å². The highest BCUT2D eigenvalue weighted by Gasteiger charge is 2.17. The molecule has 1 saturated heterocycles. The van der Waals surface area contributed by atoms with Gasteiger partial charge in [-0.05, 0) is 74.1 Å². The minimum atomic E-state index is 0. The fraction of sp³-hybridized carbons (Fsp3) is 0.706. The SMILES string of the molecule is CCNC(=NCc1ccsc1)NCCC1CCN(CC)CC1.I. The average molecular weight is 450 g/mol. The number of hydrogen-bond acceptors (Lipinski definition) is 3. The summed E-state index contributed by atoms with van der Waals surface area (Å²) in [6, 6.07) is 2.14. The molecule has 2 heterocycles. The average Bonchev–Trinajstić information content (AvgIpc) is 3.06. The third-order valence-electron chi connectivity index (χ3n) is 4.34. The van der Waals surface area contributed by atoms with Gasteiger partial charge < -0.3 is 15.5 Å². The van der Waals surface area contributed by atoms with E-state index in [4.69, 9.17) is 0 Å². The highest BCUT2D eigenvalue weighted by atomic mass is 127. The number of nitrogens with zero attached hydrogens (tertiary/aromatic N) is 2. The molecule has 1 fully saturated rings. The molecule has 1 aliphatic rings. The lowest BCUT2D eigenvalue weighted by Crippen LogP contribution is -2.39. The van der Waals surface area contributed by atoms with Crippen LogP contribution in [0.4, 0.5) is 0 Å². The van der Waals surface area contributed by atoms with E-state index in [1.165, 1.54) is 44.5 Å². The summed E-state index contributed by atoms with van der Waals surface area (Å²) in [5.41, 5.74) is 1.29. The molecule has 1 aromatic heterocycles. The number of thiophene rings is 1. The van der Waals surface area contributed by atoms with Gasteiger partial charge in [-0.1, -0.05) is 6.92 Å². The number of halogens is 1. The molecule has 6 heteroatoms. The van der Waals surface area contributed by atoms with Crippen molar-refractivity contribution < 1.29 is 0 Å². The van der Waals surface area contributed by atoms with Gasteiger partial charge in [0.05, 0.1) is 6.54 Å². The van der Waals surface area contributed by atoms with Crippen molar-refractivity contribution in [3.05, 3.63) is 22.4 Å². The summed E-state index contributed by atoms with van der Waals surface area (Å²) in [6.07, 6.45) is 3.94. The van der Waals surface area contributed by atoms with E-state index in [-0.39, 0.29) is 24.0 Å². The Hall–Kier alpha value is -0.340. The summed E-state index contributed by atoms with van der Waals surface area (Å²) in [7, 11) is 0. The number of nitrogens with one attached hydrogen (secondary N) is 2. The Morgan fingerprint density at radius 3 is 2.70 bits per heavy atom. The second kappa shape index (κ2) is 12.1. The van der Waals surface area contributed by atoms with Crippen LogP contribution in [0.2, 0.25) is 0 Å². The number of piperidine rings is 1. The van der Waals surface area contributed by atoms with E-state index in [9.17, 15) is 0 Å². The van der Waals surface area contributed by atoms with Crippen LogP contribution in [-0.2, 0) is 6.54 Å². The fourth-order valence-corrected chi connectivity index (χ4v) is 3.54. The lowest BCUT2D eigenvalue weighted by atomic mass is 9.93. The Balaban J connectivity index is 0.00000264. The van der Waals surface area contributed by atoms with Crippen LogP contribution in [0.1, 0.15) is 38.7 Å². The topological polar surface area (TPSA) is 39.7 Å². The van der Waals surface area contributed by atoms with E-state index in [0.29, 0.717) is 0 Å². The van der Waals surface area contributed by atoms with E-state index >= 15 is 0 Å². The van der Waals surface area contributed by atoms with Crippen molar-refractivity contribution in [2.75, 3.05) is 32.7 Å². The molecule has 0 radical (unpaired) electrons. The maximum Gasteiger partial charge on any atom is 0.191 e. The second-order valence-electron chi connectivity index (χ2n) is 5.92. The number of guanidine groups is 1. The molecule has 0 saturated carbocycles. The van der Waals surface area contributed by atoms with Gasteiger partial charge in [0.25, 0.3) is 0 Å². The molecule has 0 bridgehead atoms. The van der Waals surface area contributed by atoms with Gasteiger partial charge in [-0.2, -0.15) is 11.3 Å². The lowest BCUT2D eigenvalue weighted by Gasteiger charge is -2.31. The molecular formula is C17H31IN4S. The summed E-state index contributed by atoms with van der Waals surface area (Å²) in [6.45, 7) is 10.8. The third-order valence-corrected chi connectivity index (χ3v) is 5.08. The summed E-state index contributed by atoms with van der Waals surface area (Å²) in [5.74, 6) is 1.81. The summed E-state index contributed by atoms with van der Waals surface area (Å²) in [5, 5.41) is 11.1. The van der Waals surface area contributed by atoms with Gasteiger partial charge in [0, 0.05) is 13.1 Å². The van der Waals surface area contributed by atoms with Crippen LogP contribution >= 0.6 is 35.3 Å². The summed E-state index contributed by atoms with van der Waals surface area (Å²) >= 11 is 1.73. The third kappa shape index (κ3) is 7.85. The van der Waals surface area contributed by atoms with Gasteiger partial charge >= 0.3 is 0 Å². The largest absolute Gasteiger partial charge is 0.357 e. The Morgan fingerprint density at radius 1 is 1.30 bits per heavy atom. The number of aliphatic imine (C=N–C) groups is 1. The Bertz CT molecular complexity index is 428. The molecule has 0 aliphatic carbocycles. The number of likely N-dealkylation sites (tertiary alicyclic amines) is 1. The van der Waals surface area contributed by atoms with Crippen molar-refractivity contribution in [2.45, 2.75) is 39.7 Å². The van der Waals surface area contributed by atoms with Crippen molar-refractivity contribution in [1.82, 2.24) is 15.5 Å². The minimum absolute atomic E-state index is 0. The molecule has 1 aliphatic heterocycles. The first-order valence-corrected chi connectivity index (χ1v) is 9.51. The molecule has 132 valence electrons. The molecule has 2 rings (SSSR count). The monoisotopic (exact) mass is 450 g/mol. The maximum absolute atomic E-state index is 4.66. The second-order valence-corrected chi connectivity index (χ2v) is 6.70. The highest BCUT2D eigenvalue weighted by molar-refractivity contribution is 14.0.